The van der Waals surface area contributed by atoms with Gasteiger partial charge in [-0.3, -0.25) is 0 Å². The maximum atomic E-state index is 11.4. The highest BCUT2D eigenvalue weighted by atomic mass is 16.4. The van der Waals surface area contributed by atoms with Crippen molar-refractivity contribution in [1.29, 1.82) is 0 Å². The number of carboxylic acids is 1. The summed E-state index contributed by atoms with van der Waals surface area (Å²) in [5.74, 6) is -1.00. The second-order valence-corrected chi connectivity index (χ2v) is 4.45. The highest BCUT2D eigenvalue weighted by Crippen LogP contribution is 2.13. The van der Waals surface area contributed by atoms with Crippen molar-refractivity contribution in [3.63, 3.8) is 0 Å². The summed E-state index contributed by atoms with van der Waals surface area (Å²) < 4.78 is 1.62. The van der Waals surface area contributed by atoms with Crippen molar-refractivity contribution >= 4 is 23.0 Å². The second kappa shape index (κ2) is 5.55. The molecule has 1 heterocycles. The highest BCUT2D eigenvalue weighted by molar-refractivity contribution is 5.92. The molecule has 0 aliphatic carbocycles. The number of fused-ring (bicyclic) bond motifs is 1. The van der Waals surface area contributed by atoms with Gasteiger partial charge in [-0.05, 0) is 18.2 Å². The Hall–Kier alpha value is -2.64. The number of hydrogen-bond donors (Lipinski definition) is 2. The van der Waals surface area contributed by atoms with E-state index in [9.17, 15) is 9.59 Å². The van der Waals surface area contributed by atoms with E-state index in [2.05, 4.69) is 15.6 Å². The van der Waals surface area contributed by atoms with E-state index in [-0.39, 0.29) is 11.6 Å². The predicted molar refractivity (Wildman–Crippen MR) is 71.6 cm³/mol. The number of urea groups is 1. The maximum absolute atomic E-state index is 11.4. The van der Waals surface area contributed by atoms with Crippen LogP contribution in [0.5, 0.6) is 0 Å². The van der Waals surface area contributed by atoms with Crippen LogP contribution in [0.15, 0.2) is 18.2 Å². The number of carbonyl (C=O) groups is 2. The fourth-order valence-electron chi connectivity index (χ4n) is 1.70. The number of nitrogens with zero attached hydrogens (tertiary/aromatic N) is 4. The van der Waals surface area contributed by atoms with Crippen LogP contribution in [0, 0.1) is 0 Å². The summed E-state index contributed by atoms with van der Waals surface area (Å²) in [6, 6.07) is 4.46. The number of carboxylic acid groups (broad SMARTS) is 1. The third kappa shape index (κ3) is 2.85. The van der Waals surface area contributed by atoms with Crippen molar-refractivity contribution in [3.8, 4) is 0 Å². The molecular formula is C12H15N5O3. The summed E-state index contributed by atoms with van der Waals surface area (Å²) in [5, 5.41) is 19.5. The second-order valence-electron chi connectivity index (χ2n) is 4.45. The van der Waals surface area contributed by atoms with Crippen LogP contribution in [-0.4, -0.2) is 57.6 Å². The largest absolute Gasteiger partial charge is 0.478 e. The van der Waals surface area contributed by atoms with E-state index in [1.54, 1.807) is 24.8 Å². The van der Waals surface area contributed by atoms with Gasteiger partial charge in [0.05, 0.1) is 17.6 Å². The zero-order valence-electron chi connectivity index (χ0n) is 11.2. The van der Waals surface area contributed by atoms with Gasteiger partial charge in [0.25, 0.3) is 0 Å². The first-order chi connectivity index (χ1) is 9.49. The standard InChI is InChI=1S/C12H15N5O3/c1-16(2)12(20)13-5-6-17-10-4-3-8(11(18)19)7-9(10)14-15-17/h3-4,7H,5-6H2,1-2H3,(H,13,20)(H,18,19). The molecule has 20 heavy (non-hydrogen) atoms. The van der Waals surface area contributed by atoms with Crippen LogP contribution in [0.4, 0.5) is 4.79 Å². The van der Waals surface area contributed by atoms with Crippen LogP contribution < -0.4 is 5.32 Å². The van der Waals surface area contributed by atoms with Crippen LogP contribution >= 0.6 is 0 Å². The number of hydrogen-bond acceptors (Lipinski definition) is 4. The Kier molecular flexibility index (Phi) is 3.83. The van der Waals surface area contributed by atoms with Crippen LogP contribution in [-0.2, 0) is 6.54 Å². The van der Waals surface area contributed by atoms with E-state index in [1.807, 2.05) is 0 Å². The predicted octanol–water partition coefficient (Wildman–Crippen LogP) is 0.401. The van der Waals surface area contributed by atoms with Crippen molar-refractivity contribution in [2.24, 2.45) is 0 Å². The lowest BCUT2D eigenvalue weighted by Gasteiger charge is -2.11. The topological polar surface area (TPSA) is 100 Å². The molecule has 0 saturated heterocycles. The first-order valence-electron chi connectivity index (χ1n) is 6.00. The quantitative estimate of drug-likeness (QED) is 0.842. The Morgan fingerprint density at radius 2 is 2.15 bits per heavy atom. The normalized spacial score (nSPS) is 10.5. The number of nitrogens with one attached hydrogen (secondary N) is 1. The monoisotopic (exact) mass is 277 g/mol. The molecule has 0 saturated carbocycles. The van der Waals surface area contributed by atoms with Crippen molar-refractivity contribution in [1.82, 2.24) is 25.2 Å². The fraction of sp³-hybridized carbons (Fsp3) is 0.333. The number of aromatic carboxylic acids is 1. The Bertz CT molecular complexity index is 650. The van der Waals surface area contributed by atoms with Crippen molar-refractivity contribution in [2.75, 3.05) is 20.6 Å². The van der Waals surface area contributed by atoms with Gasteiger partial charge < -0.3 is 15.3 Å². The summed E-state index contributed by atoms with van der Waals surface area (Å²) in [4.78, 5) is 23.7. The molecule has 0 spiro atoms. The SMILES string of the molecule is CN(C)C(=O)NCCn1nnc2cc(C(=O)O)ccc21. The minimum Gasteiger partial charge on any atom is -0.478 e. The minimum absolute atomic E-state index is 0.172. The first-order valence-corrected chi connectivity index (χ1v) is 6.00. The molecule has 2 aromatic rings. The van der Waals surface area contributed by atoms with Gasteiger partial charge in [-0.15, -0.1) is 5.10 Å². The average Bonchev–Trinajstić information content (AvgIpc) is 2.81. The van der Waals surface area contributed by atoms with Crippen LogP contribution in [0.3, 0.4) is 0 Å². The smallest absolute Gasteiger partial charge is 0.335 e. The molecule has 0 aliphatic heterocycles. The molecule has 0 fully saturated rings. The molecular weight excluding hydrogens is 262 g/mol. The minimum atomic E-state index is -1.00. The fourth-order valence-corrected chi connectivity index (χ4v) is 1.70. The molecule has 0 unspecified atom stereocenters. The molecule has 1 aromatic heterocycles. The van der Waals surface area contributed by atoms with Crippen LogP contribution in [0.2, 0.25) is 0 Å². The molecule has 0 bridgehead atoms. The zero-order chi connectivity index (χ0) is 14.7. The number of aromatic nitrogens is 3. The number of rotatable bonds is 4. The third-order valence-electron chi connectivity index (χ3n) is 2.77. The summed E-state index contributed by atoms with van der Waals surface area (Å²) in [7, 11) is 3.32. The van der Waals surface area contributed by atoms with Gasteiger partial charge >= 0.3 is 12.0 Å². The molecule has 2 N–H and O–H groups in total. The first kappa shape index (κ1) is 13.8. The molecule has 2 rings (SSSR count). The van der Waals surface area contributed by atoms with Gasteiger partial charge in [0, 0.05) is 20.6 Å². The van der Waals surface area contributed by atoms with Gasteiger partial charge in [0.15, 0.2) is 0 Å². The molecule has 106 valence electrons. The number of amides is 2. The van der Waals surface area contributed by atoms with Gasteiger partial charge in [0.1, 0.15) is 5.52 Å². The Morgan fingerprint density at radius 3 is 2.80 bits per heavy atom. The summed E-state index contributed by atoms with van der Waals surface area (Å²) in [6.07, 6.45) is 0. The van der Waals surface area contributed by atoms with Crippen LogP contribution in [0.25, 0.3) is 11.0 Å². The Balaban J connectivity index is 2.08. The van der Waals surface area contributed by atoms with E-state index in [1.165, 1.54) is 17.0 Å². The van der Waals surface area contributed by atoms with Crippen molar-refractivity contribution < 1.29 is 14.7 Å². The van der Waals surface area contributed by atoms with Gasteiger partial charge in [-0.1, -0.05) is 5.21 Å². The molecule has 0 radical (unpaired) electrons. The van der Waals surface area contributed by atoms with E-state index < -0.39 is 5.97 Å². The summed E-state index contributed by atoms with van der Waals surface area (Å²) >= 11 is 0. The van der Waals surface area contributed by atoms with E-state index >= 15 is 0 Å². The Labute approximate surface area is 115 Å². The molecule has 8 nitrogen and oxygen atoms in total. The molecule has 1 aromatic carbocycles. The van der Waals surface area contributed by atoms with Gasteiger partial charge in [-0.25, -0.2) is 14.3 Å². The van der Waals surface area contributed by atoms with Gasteiger partial charge in [-0.2, -0.15) is 0 Å². The molecule has 8 heteroatoms. The summed E-state index contributed by atoms with van der Waals surface area (Å²) in [5.41, 5.74) is 1.42. The lowest BCUT2D eigenvalue weighted by atomic mass is 10.2. The zero-order valence-corrected chi connectivity index (χ0v) is 11.2. The average molecular weight is 277 g/mol. The Morgan fingerprint density at radius 1 is 1.40 bits per heavy atom. The third-order valence-corrected chi connectivity index (χ3v) is 2.77. The van der Waals surface area contributed by atoms with E-state index in [4.69, 9.17) is 5.11 Å². The lowest BCUT2D eigenvalue weighted by molar-refractivity contribution is 0.0697. The maximum Gasteiger partial charge on any atom is 0.335 e. The molecule has 0 atom stereocenters. The highest BCUT2D eigenvalue weighted by Gasteiger charge is 2.09. The molecule has 2 amide bonds. The summed E-state index contributed by atoms with van der Waals surface area (Å²) in [6.45, 7) is 0.874. The van der Waals surface area contributed by atoms with Crippen molar-refractivity contribution in [3.05, 3.63) is 23.8 Å². The lowest BCUT2D eigenvalue weighted by Crippen LogP contribution is -2.36. The van der Waals surface area contributed by atoms with Crippen molar-refractivity contribution in [2.45, 2.75) is 6.54 Å². The van der Waals surface area contributed by atoms with E-state index in [0.717, 1.165) is 5.52 Å². The van der Waals surface area contributed by atoms with E-state index in [0.29, 0.717) is 18.6 Å². The number of carbonyl (C=O) groups excluding carboxylic acids is 1. The van der Waals surface area contributed by atoms with Crippen LogP contribution in [0.1, 0.15) is 10.4 Å². The number of benzene rings is 1. The molecule has 0 aliphatic rings. The van der Waals surface area contributed by atoms with Gasteiger partial charge in [0.2, 0.25) is 0 Å².